The van der Waals surface area contributed by atoms with Crippen LogP contribution >= 0.6 is 0 Å². The van der Waals surface area contributed by atoms with Gasteiger partial charge in [0, 0.05) is 12.6 Å². The number of amides is 2. The van der Waals surface area contributed by atoms with Gasteiger partial charge in [0.25, 0.3) is 0 Å². The SMILES string of the molecule is CC(C)NC(=O)N(Cc1cccc(OS(=O)(=O)c2cccc(C(F)(F)F)c2)c1)Cc1ccco1. The average Bonchev–Trinajstić information content (AvgIpc) is 3.25. The number of halogens is 3. The number of hydrogen-bond donors (Lipinski definition) is 1. The maximum atomic E-state index is 13.0. The molecule has 1 aromatic heterocycles. The van der Waals surface area contributed by atoms with E-state index in [1.165, 1.54) is 29.4 Å². The first-order valence-electron chi connectivity index (χ1n) is 10.2. The summed E-state index contributed by atoms with van der Waals surface area (Å²) in [6.07, 6.45) is -3.21. The minimum Gasteiger partial charge on any atom is -0.467 e. The van der Waals surface area contributed by atoms with E-state index in [2.05, 4.69) is 5.32 Å². The van der Waals surface area contributed by atoms with Crippen LogP contribution in [0.3, 0.4) is 0 Å². The molecule has 0 atom stereocenters. The number of carbonyl (C=O) groups is 1. The molecule has 182 valence electrons. The molecular weight excluding hydrogens is 473 g/mol. The summed E-state index contributed by atoms with van der Waals surface area (Å²) in [5.41, 5.74) is -0.558. The molecule has 2 amide bonds. The molecule has 0 spiro atoms. The van der Waals surface area contributed by atoms with Crippen LogP contribution in [0.2, 0.25) is 0 Å². The first kappa shape index (κ1) is 25.2. The topological polar surface area (TPSA) is 88.9 Å². The van der Waals surface area contributed by atoms with Crippen molar-refractivity contribution in [2.45, 2.75) is 44.1 Å². The lowest BCUT2D eigenvalue weighted by Gasteiger charge is -2.24. The zero-order chi connectivity index (χ0) is 24.9. The van der Waals surface area contributed by atoms with Crippen LogP contribution in [0.15, 0.2) is 76.2 Å². The van der Waals surface area contributed by atoms with Gasteiger partial charge >= 0.3 is 22.3 Å². The van der Waals surface area contributed by atoms with E-state index in [4.69, 9.17) is 8.60 Å². The summed E-state index contributed by atoms with van der Waals surface area (Å²) in [6.45, 7) is 3.89. The number of rotatable bonds is 8. The lowest BCUT2D eigenvalue weighted by atomic mass is 10.2. The normalized spacial score (nSPS) is 11.9. The van der Waals surface area contributed by atoms with Crippen molar-refractivity contribution in [2.24, 2.45) is 0 Å². The number of nitrogens with one attached hydrogen (secondary N) is 1. The lowest BCUT2D eigenvalue weighted by molar-refractivity contribution is -0.137. The fraction of sp³-hybridized carbons (Fsp3) is 0.261. The van der Waals surface area contributed by atoms with Crippen LogP contribution in [0.5, 0.6) is 5.75 Å². The molecule has 1 N–H and O–H groups in total. The molecule has 0 aliphatic heterocycles. The van der Waals surface area contributed by atoms with Crippen molar-refractivity contribution in [3.8, 4) is 5.75 Å². The number of alkyl halides is 3. The van der Waals surface area contributed by atoms with E-state index >= 15 is 0 Å². The highest BCUT2D eigenvalue weighted by Gasteiger charge is 2.32. The molecule has 7 nitrogen and oxygen atoms in total. The Labute approximate surface area is 195 Å². The van der Waals surface area contributed by atoms with Gasteiger partial charge in [0.05, 0.1) is 18.4 Å². The van der Waals surface area contributed by atoms with E-state index in [1.807, 2.05) is 13.8 Å². The molecule has 1 heterocycles. The van der Waals surface area contributed by atoms with E-state index in [0.717, 1.165) is 18.2 Å². The van der Waals surface area contributed by atoms with Crippen molar-refractivity contribution in [3.63, 3.8) is 0 Å². The van der Waals surface area contributed by atoms with Gasteiger partial charge in [0.15, 0.2) is 0 Å². The van der Waals surface area contributed by atoms with Gasteiger partial charge in [-0.15, -0.1) is 0 Å². The van der Waals surface area contributed by atoms with Crippen molar-refractivity contribution in [1.29, 1.82) is 0 Å². The van der Waals surface area contributed by atoms with E-state index in [-0.39, 0.29) is 30.9 Å². The fourth-order valence-corrected chi connectivity index (χ4v) is 4.02. The average molecular weight is 497 g/mol. The largest absolute Gasteiger partial charge is 0.467 e. The molecule has 34 heavy (non-hydrogen) atoms. The maximum absolute atomic E-state index is 13.0. The van der Waals surface area contributed by atoms with Gasteiger partial charge in [-0.25, -0.2) is 4.79 Å². The Bertz CT molecular complexity index is 1230. The zero-order valence-corrected chi connectivity index (χ0v) is 19.2. The van der Waals surface area contributed by atoms with E-state index in [9.17, 15) is 26.4 Å². The molecule has 0 radical (unpaired) electrons. The van der Waals surface area contributed by atoms with Crippen LogP contribution in [0, 0.1) is 0 Å². The van der Waals surface area contributed by atoms with Crippen molar-refractivity contribution in [3.05, 3.63) is 83.8 Å². The quantitative estimate of drug-likeness (QED) is 0.434. The molecule has 0 unspecified atom stereocenters. The summed E-state index contributed by atoms with van der Waals surface area (Å²) < 4.78 is 74.4. The molecule has 0 saturated heterocycles. The Balaban J connectivity index is 1.81. The summed E-state index contributed by atoms with van der Waals surface area (Å²) in [5.74, 6) is 0.454. The van der Waals surface area contributed by atoms with Crippen molar-refractivity contribution >= 4 is 16.1 Å². The molecule has 0 bridgehead atoms. The molecule has 11 heteroatoms. The summed E-state index contributed by atoms with van der Waals surface area (Å²) in [7, 11) is -4.52. The number of nitrogens with zero attached hydrogens (tertiary/aromatic N) is 1. The number of hydrogen-bond acceptors (Lipinski definition) is 5. The second kappa shape index (κ2) is 10.2. The van der Waals surface area contributed by atoms with Gasteiger partial charge in [0.2, 0.25) is 0 Å². The van der Waals surface area contributed by atoms with Gasteiger partial charge < -0.3 is 18.8 Å². The molecule has 3 aromatic rings. The Morgan fingerprint density at radius 2 is 1.79 bits per heavy atom. The Morgan fingerprint density at radius 1 is 1.06 bits per heavy atom. The van der Waals surface area contributed by atoms with Crippen molar-refractivity contribution in [1.82, 2.24) is 10.2 Å². The van der Waals surface area contributed by atoms with Crippen LogP contribution < -0.4 is 9.50 Å². The highest BCUT2D eigenvalue weighted by atomic mass is 32.2. The smallest absolute Gasteiger partial charge is 0.416 e. The molecule has 2 aromatic carbocycles. The van der Waals surface area contributed by atoms with Crippen LogP contribution in [-0.2, 0) is 29.4 Å². The van der Waals surface area contributed by atoms with Crippen LogP contribution in [0.1, 0.15) is 30.7 Å². The van der Waals surface area contributed by atoms with Gasteiger partial charge in [-0.1, -0.05) is 18.2 Å². The van der Waals surface area contributed by atoms with Gasteiger partial charge in [-0.2, -0.15) is 21.6 Å². The third-order valence-electron chi connectivity index (χ3n) is 4.55. The second-order valence-corrected chi connectivity index (χ2v) is 9.30. The molecule has 0 aliphatic carbocycles. The van der Waals surface area contributed by atoms with Crippen molar-refractivity contribution < 1.29 is 35.0 Å². The third kappa shape index (κ3) is 6.77. The molecule has 0 aliphatic rings. The third-order valence-corrected chi connectivity index (χ3v) is 5.80. The lowest BCUT2D eigenvalue weighted by Crippen LogP contribution is -2.42. The standard InChI is InChI=1S/C23H23F3N2O5S/c1-16(2)27-22(29)28(15-20-9-5-11-32-20)14-17-6-3-8-19(12-17)33-34(30,31)21-10-4-7-18(13-21)23(24,25)26/h3-13,16H,14-15H2,1-2H3,(H,27,29). The predicted molar refractivity (Wildman–Crippen MR) is 117 cm³/mol. The molecule has 0 saturated carbocycles. The van der Waals surface area contributed by atoms with E-state index in [0.29, 0.717) is 17.4 Å². The summed E-state index contributed by atoms with van der Waals surface area (Å²) in [4.78, 5) is 13.5. The van der Waals surface area contributed by atoms with Crippen molar-refractivity contribution in [2.75, 3.05) is 0 Å². The van der Waals surface area contributed by atoms with E-state index in [1.54, 1.807) is 18.2 Å². The van der Waals surface area contributed by atoms with Gasteiger partial charge in [-0.05, 0) is 61.9 Å². The highest BCUT2D eigenvalue weighted by molar-refractivity contribution is 7.87. The number of furan rings is 1. The zero-order valence-electron chi connectivity index (χ0n) is 18.4. The Kier molecular flexibility index (Phi) is 7.55. The highest BCUT2D eigenvalue weighted by Crippen LogP contribution is 2.31. The number of urea groups is 1. The molecule has 3 rings (SSSR count). The second-order valence-electron chi connectivity index (χ2n) is 7.75. The Morgan fingerprint density at radius 3 is 2.44 bits per heavy atom. The maximum Gasteiger partial charge on any atom is 0.416 e. The van der Waals surface area contributed by atoms with Gasteiger partial charge in [0.1, 0.15) is 16.4 Å². The molecular formula is C23H23F3N2O5S. The fourth-order valence-electron chi connectivity index (χ4n) is 3.05. The number of carbonyl (C=O) groups excluding carboxylic acids is 1. The predicted octanol–water partition coefficient (Wildman–Crippen LogP) is 5.19. The first-order valence-corrected chi connectivity index (χ1v) is 11.6. The first-order chi connectivity index (χ1) is 15.9. The minimum atomic E-state index is -4.69. The minimum absolute atomic E-state index is 0.0973. The van der Waals surface area contributed by atoms with Crippen LogP contribution in [0.25, 0.3) is 0 Å². The number of benzene rings is 2. The van der Waals surface area contributed by atoms with Crippen LogP contribution in [0.4, 0.5) is 18.0 Å². The Hall–Kier alpha value is -3.47. The van der Waals surface area contributed by atoms with Gasteiger partial charge in [-0.3, -0.25) is 0 Å². The molecule has 0 fully saturated rings. The summed E-state index contributed by atoms with van der Waals surface area (Å²) in [6, 6.07) is 12.2. The monoisotopic (exact) mass is 496 g/mol. The summed E-state index contributed by atoms with van der Waals surface area (Å²) >= 11 is 0. The van der Waals surface area contributed by atoms with E-state index < -0.39 is 26.8 Å². The summed E-state index contributed by atoms with van der Waals surface area (Å²) in [5, 5.41) is 2.79. The van der Waals surface area contributed by atoms with Crippen LogP contribution in [-0.4, -0.2) is 25.4 Å².